The summed E-state index contributed by atoms with van der Waals surface area (Å²) in [6.45, 7) is 10.6. The average Bonchev–Trinajstić information content (AvgIpc) is 2.40. The predicted octanol–water partition coefficient (Wildman–Crippen LogP) is 2.90. The van der Waals surface area contributed by atoms with Crippen LogP contribution in [0.25, 0.3) is 0 Å². The van der Waals surface area contributed by atoms with E-state index in [1.807, 2.05) is 34.6 Å². The third-order valence-corrected chi connectivity index (χ3v) is 2.35. The zero-order chi connectivity index (χ0) is 10.9. The summed E-state index contributed by atoms with van der Waals surface area (Å²) in [5, 5.41) is 4.25. The van der Waals surface area contributed by atoms with Crippen LogP contribution in [0.5, 0.6) is 0 Å². The topological polar surface area (TPSA) is 17.8 Å². The van der Waals surface area contributed by atoms with E-state index in [1.165, 1.54) is 4.68 Å². The van der Waals surface area contributed by atoms with E-state index in [0.29, 0.717) is 6.54 Å². The van der Waals surface area contributed by atoms with Crippen LogP contribution in [0.15, 0.2) is 0 Å². The second kappa shape index (κ2) is 3.71. The van der Waals surface area contributed by atoms with Gasteiger partial charge in [-0.05, 0) is 18.8 Å². The van der Waals surface area contributed by atoms with Gasteiger partial charge >= 0.3 is 0 Å². The number of rotatable bonds is 2. The summed E-state index contributed by atoms with van der Waals surface area (Å²) < 4.78 is 15.3. The molecule has 0 aromatic carbocycles. The lowest BCUT2D eigenvalue weighted by atomic mass is 9.86. The molecule has 0 saturated heterocycles. The van der Waals surface area contributed by atoms with Crippen LogP contribution in [0.1, 0.15) is 45.9 Å². The molecule has 0 aliphatic carbocycles. The van der Waals surface area contributed by atoms with Crippen molar-refractivity contribution in [2.45, 2.75) is 53.0 Å². The van der Waals surface area contributed by atoms with Gasteiger partial charge in [0.25, 0.3) is 0 Å². The Morgan fingerprint density at radius 2 is 1.86 bits per heavy atom. The van der Waals surface area contributed by atoms with Crippen molar-refractivity contribution in [3.8, 4) is 0 Å². The summed E-state index contributed by atoms with van der Waals surface area (Å²) in [5.41, 5.74) is 1.49. The van der Waals surface area contributed by atoms with Gasteiger partial charge in [-0.15, -0.1) is 0 Å². The highest BCUT2D eigenvalue weighted by molar-refractivity contribution is 5.26. The third-order valence-electron chi connectivity index (χ3n) is 2.35. The lowest BCUT2D eigenvalue weighted by Crippen LogP contribution is -2.15. The summed E-state index contributed by atoms with van der Waals surface area (Å²) in [6.07, 6.45) is 0.788. The molecule has 0 radical (unpaired) electrons. The van der Waals surface area contributed by atoms with Crippen LogP contribution >= 0.6 is 0 Å². The molecule has 0 aliphatic heterocycles. The SMILES string of the molecule is CCc1nn(CC)c(F)c1C(C)(C)C. The quantitative estimate of drug-likeness (QED) is 0.714. The molecule has 0 spiro atoms. The maximum atomic E-state index is 13.9. The van der Waals surface area contributed by atoms with Gasteiger partial charge in [-0.2, -0.15) is 9.49 Å². The van der Waals surface area contributed by atoms with Crippen molar-refractivity contribution < 1.29 is 4.39 Å². The molecule has 1 rings (SSSR count). The van der Waals surface area contributed by atoms with Crippen molar-refractivity contribution in [1.29, 1.82) is 0 Å². The maximum absolute atomic E-state index is 13.9. The molecule has 2 nitrogen and oxygen atoms in total. The number of hydrogen-bond acceptors (Lipinski definition) is 1. The molecule has 1 heterocycles. The van der Waals surface area contributed by atoms with Crippen LogP contribution in [0.4, 0.5) is 4.39 Å². The molecule has 0 N–H and O–H groups in total. The fourth-order valence-electron chi connectivity index (χ4n) is 1.69. The first-order valence-corrected chi connectivity index (χ1v) is 5.17. The molecular weight excluding hydrogens is 179 g/mol. The van der Waals surface area contributed by atoms with Crippen molar-refractivity contribution in [2.24, 2.45) is 0 Å². The number of halogens is 1. The summed E-state index contributed by atoms with van der Waals surface area (Å²) in [4.78, 5) is 0. The molecule has 0 atom stereocenters. The normalized spacial score (nSPS) is 12.1. The van der Waals surface area contributed by atoms with Crippen molar-refractivity contribution in [3.63, 3.8) is 0 Å². The number of aryl methyl sites for hydroxylation is 2. The number of hydrogen-bond donors (Lipinski definition) is 0. The summed E-state index contributed by atoms with van der Waals surface area (Å²) in [5.74, 6) is -0.170. The van der Waals surface area contributed by atoms with Crippen molar-refractivity contribution >= 4 is 0 Å². The van der Waals surface area contributed by atoms with Gasteiger partial charge in [0.2, 0.25) is 5.95 Å². The first-order chi connectivity index (χ1) is 6.41. The minimum atomic E-state index is -0.170. The highest BCUT2D eigenvalue weighted by Crippen LogP contribution is 2.28. The lowest BCUT2D eigenvalue weighted by Gasteiger charge is -2.18. The van der Waals surface area contributed by atoms with E-state index in [-0.39, 0.29) is 11.4 Å². The molecule has 14 heavy (non-hydrogen) atoms. The Morgan fingerprint density at radius 1 is 1.29 bits per heavy atom. The molecule has 0 aliphatic rings. The number of nitrogens with zero attached hydrogens (tertiary/aromatic N) is 2. The highest BCUT2D eigenvalue weighted by atomic mass is 19.1. The molecule has 0 unspecified atom stereocenters. The standard InChI is InChI=1S/C11H19FN2/c1-6-8-9(11(3,4)5)10(12)14(7-2)13-8/h6-7H2,1-5H3. The van der Waals surface area contributed by atoms with Crippen LogP contribution in [0.2, 0.25) is 0 Å². The van der Waals surface area contributed by atoms with E-state index >= 15 is 0 Å². The Kier molecular flexibility index (Phi) is 2.98. The Balaban J connectivity index is 3.32. The molecule has 80 valence electrons. The zero-order valence-corrected chi connectivity index (χ0v) is 9.69. The minimum absolute atomic E-state index is 0.164. The fraction of sp³-hybridized carbons (Fsp3) is 0.727. The first-order valence-electron chi connectivity index (χ1n) is 5.17. The molecule has 1 aromatic heterocycles. The first kappa shape index (κ1) is 11.2. The fourth-order valence-corrected chi connectivity index (χ4v) is 1.69. The maximum Gasteiger partial charge on any atom is 0.215 e. The predicted molar refractivity (Wildman–Crippen MR) is 55.9 cm³/mol. The van der Waals surface area contributed by atoms with Crippen LogP contribution in [0.3, 0.4) is 0 Å². The van der Waals surface area contributed by atoms with Crippen molar-refractivity contribution in [1.82, 2.24) is 9.78 Å². The molecule has 0 fully saturated rings. The van der Waals surface area contributed by atoms with Gasteiger partial charge in [-0.3, -0.25) is 0 Å². The Hall–Kier alpha value is -0.860. The van der Waals surface area contributed by atoms with Gasteiger partial charge in [0.05, 0.1) is 5.69 Å². The van der Waals surface area contributed by atoms with Gasteiger partial charge in [0.15, 0.2) is 0 Å². The minimum Gasteiger partial charge on any atom is -0.239 e. The molecule has 1 aromatic rings. The molecule has 0 amide bonds. The van der Waals surface area contributed by atoms with Gasteiger partial charge in [0.1, 0.15) is 0 Å². The van der Waals surface area contributed by atoms with Crippen LogP contribution < -0.4 is 0 Å². The second-order valence-electron chi connectivity index (χ2n) is 4.53. The van der Waals surface area contributed by atoms with Crippen molar-refractivity contribution in [2.75, 3.05) is 0 Å². The van der Waals surface area contributed by atoms with E-state index in [9.17, 15) is 4.39 Å². The van der Waals surface area contributed by atoms with Gasteiger partial charge < -0.3 is 0 Å². The summed E-state index contributed by atoms with van der Waals surface area (Å²) in [7, 11) is 0. The molecule has 0 saturated carbocycles. The number of aromatic nitrogens is 2. The largest absolute Gasteiger partial charge is 0.239 e. The lowest BCUT2D eigenvalue weighted by molar-refractivity contribution is 0.442. The van der Waals surface area contributed by atoms with Crippen molar-refractivity contribution in [3.05, 3.63) is 17.2 Å². The van der Waals surface area contributed by atoms with E-state index < -0.39 is 0 Å². The van der Waals surface area contributed by atoms with E-state index in [1.54, 1.807) is 0 Å². The second-order valence-corrected chi connectivity index (χ2v) is 4.53. The van der Waals surface area contributed by atoms with E-state index in [2.05, 4.69) is 5.10 Å². The highest BCUT2D eigenvalue weighted by Gasteiger charge is 2.26. The molecule has 3 heteroatoms. The Bertz CT molecular complexity index is 321. The van der Waals surface area contributed by atoms with Gasteiger partial charge in [-0.25, -0.2) is 4.68 Å². The van der Waals surface area contributed by atoms with Crippen LogP contribution in [-0.4, -0.2) is 9.78 Å². The van der Waals surface area contributed by atoms with Gasteiger partial charge in [-0.1, -0.05) is 27.7 Å². The Labute approximate surface area is 85.1 Å². The average molecular weight is 198 g/mol. The Morgan fingerprint density at radius 3 is 2.14 bits per heavy atom. The summed E-state index contributed by atoms with van der Waals surface area (Å²) in [6, 6.07) is 0. The van der Waals surface area contributed by atoms with Gasteiger partial charge in [0, 0.05) is 12.1 Å². The molecular formula is C11H19FN2. The summed E-state index contributed by atoms with van der Waals surface area (Å²) >= 11 is 0. The molecule has 0 bridgehead atoms. The zero-order valence-electron chi connectivity index (χ0n) is 9.69. The van der Waals surface area contributed by atoms with Crippen LogP contribution in [-0.2, 0) is 18.4 Å². The van der Waals surface area contributed by atoms with E-state index in [0.717, 1.165) is 17.7 Å². The third kappa shape index (κ3) is 1.81. The van der Waals surface area contributed by atoms with Crippen LogP contribution in [0, 0.1) is 5.95 Å². The monoisotopic (exact) mass is 198 g/mol. The van der Waals surface area contributed by atoms with E-state index in [4.69, 9.17) is 0 Å². The smallest absolute Gasteiger partial charge is 0.215 e.